The zero-order valence-electron chi connectivity index (χ0n) is 10.2. The summed E-state index contributed by atoms with van der Waals surface area (Å²) in [5.74, 6) is -1.08. The summed E-state index contributed by atoms with van der Waals surface area (Å²) in [4.78, 5) is 21.3. The monoisotopic (exact) mass is 371 g/mol. The van der Waals surface area contributed by atoms with Gasteiger partial charge in [-0.25, -0.2) is 4.79 Å². The number of aromatic carboxylic acids is 1. The van der Waals surface area contributed by atoms with Gasteiger partial charge >= 0.3 is 5.97 Å². The average Bonchev–Trinajstić information content (AvgIpc) is 2.40. The molecule has 6 nitrogen and oxygen atoms in total. The molecule has 0 aliphatic rings. The smallest absolute Gasteiger partial charge is 0.339 e. The summed E-state index contributed by atoms with van der Waals surface area (Å²) in [6, 6.07) is 7.98. The molecule has 0 bridgehead atoms. The summed E-state index contributed by atoms with van der Waals surface area (Å²) in [7, 11) is 0. The van der Waals surface area contributed by atoms with Gasteiger partial charge < -0.3 is 9.84 Å². The number of carbonyl (C=O) groups is 1. The van der Waals surface area contributed by atoms with Gasteiger partial charge in [0.15, 0.2) is 0 Å². The molecule has 1 N–H and O–H groups in total. The second kappa shape index (κ2) is 6.11. The highest BCUT2D eigenvalue weighted by Gasteiger charge is 2.16. The lowest BCUT2D eigenvalue weighted by Gasteiger charge is -2.10. The second-order valence-electron chi connectivity index (χ2n) is 3.92. The fourth-order valence-corrected chi connectivity index (χ4v) is 2.05. The molecule has 2 rings (SSSR count). The number of nitro benzene ring substituents is 1. The van der Waals surface area contributed by atoms with Crippen molar-refractivity contribution in [3.05, 3.63) is 61.6 Å². The molecule has 0 spiro atoms. The van der Waals surface area contributed by atoms with E-state index in [1.807, 2.05) is 0 Å². The molecule has 8 heteroatoms. The molecule has 21 heavy (non-hydrogen) atoms. The number of rotatable bonds is 4. The van der Waals surface area contributed by atoms with Crippen LogP contribution in [0, 0.1) is 10.1 Å². The standard InChI is InChI=1S/C13H7BrClNO5/c14-10-4-2-8(16(19)20)6-12(10)21-11-5-7(15)1-3-9(11)13(17)18/h1-6H,(H,17,18). The van der Waals surface area contributed by atoms with Crippen LogP contribution in [0.25, 0.3) is 0 Å². The van der Waals surface area contributed by atoms with E-state index in [1.165, 1.54) is 36.4 Å². The molecule has 0 atom stereocenters. The molecule has 0 saturated carbocycles. The van der Waals surface area contributed by atoms with Crippen LogP contribution in [0.5, 0.6) is 11.5 Å². The summed E-state index contributed by atoms with van der Waals surface area (Å²) in [5, 5.41) is 20.2. The Hall–Kier alpha value is -2.12. The minimum Gasteiger partial charge on any atom is -0.478 e. The molecule has 0 aromatic heterocycles. The van der Waals surface area contributed by atoms with Crippen molar-refractivity contribution in [2.45, 2.75) is 0 Å². The number of halogens is 2. The van der Waals surface area contributed by atoms with Gasteiger partial charge in [-0.3, -0.25) is 10.1 Å². The van der Waals surface area contributed by atoms with E-state index in [1.54, 1.807) is 0 Å². The Morgan fingerprint density at radius 2 is 1.95 bits per heavy atom. The summed E-state index contributed by atoms with van der Waals surface area (Å²) in [6.45, 7) is 0. The van der Waals surface area contributed by atoms with Crippen molar-refractivity contribution in [1.29, 1.82) is 0 Å². The second-order valence-corrected chi connectivity index (χ2v) is 5.21. The molecular formula is C13H7BrClNO5. The average molecular weight is 373 g/mol. The van der Waals surface area contributed by atoms with Crippen molar-refractivity contribution in [3.63, 3.8) is 0 Å². The molecule has 0 heterocycles. The Labute approximate surface area is 132 Å². The third kappa shape index (κ3) is 3.50. The highest BCUT2D eigenvalue weighted by Crippen LogP contribution is 2.35. The Kier molecular flexibility index (Phi) is 4.44. The predicted molar refractivity (Wildman–Crippen MR) is 79.3 cm³/mol. The van der Waals surface area contributed by atoms with Gasteiger partial charge in [-0.2, -0.15) is 0 Å². The first kappa shape index (κ1) is 15.3. The van der Waals surface area contributed by atoms with Gasteiger partial charge in [0, 0.05) is 17.2 Å². The highest BCUT2D eigenvalue weighted by atomic mass is 79.9. The molecule has 0 aliphatic carbocycles. The molecule has 0 unspecified atom stereocenters. The third-order valence-electron chi connectivity index (χ3n) is 2.52. The number of hydrogen-bond donors (Lipinski definition) is 1. The van der Waals surface area contributed by atoms with Crippen molar-refractivity contribution >= 4 is 39.2 Å². The minimum atomic E-state index is -1.19. The highest BCUT2D eigenvalue weighted by molar-refractivity contribution is 9.10. The van der Waals surface area contributed by atoms with E-state index in [-0.39, 0.29) is 27.8 Å². The molecule has 0 saturated heterocycles. The van der Waals surface area contributed by atoms with E-state index in [9.17, 15) is 14.9 Å². The Bertz CT molecular complexity index is 734. The van der Waals surface area contributed by atoms with Crippen LogP contribution in [0.1, 0.15) is 10.4 Å². The summed E-state index contributed by atoms with van der Waals surface area (Å²) in [5.41, 5.74) is -0.273. The zero-order valence-corrected chi connectivity index (χ0v) is 12.6. The van der Waals surface area contributed by atoms with Crippen molar-refractivity contribution in [2.75, 3.05) is 0 Å². The number of ether oxygens (including phenoxy) is 1. The first-order valence-electron chi connectivity index (χ1n) is 5.53. The summed E-state index contributed by atoms with van der Waals surface area (Å²) >= 11 is 9.01. The lowest BCUT2D eigenvalue weighted by atomic mass is 10.2. The number of carboxylic acid groups (broad SMARTS) is 1. The first-order valence-corrected chi connectivity index (χ1v) is 6.70. The van der Waals surface area contributed by atoms with Crippen LogP contribution < -0.4 is 4.74 Å². The van der Waals surface area contributed by atoms with Crippen LogP contribution in [-0.4, -0.2) is 16.0 Å². The van der Waals surface area contributed by atoms with Gasteiger partial charge in [-0.1, -0.05) is 11.6 Å². The van der Waals surface area contributed by atoms with E-state index < -0.39 is 10.9 Å². The van der Waals surface area contributed by atoms with Crippen LogP contribution in [0.2, 0.25) is 5.02 Å². The largest absolute Gasteiger partial charge is 0.478 e. The molecule has 0 aliphatic heterocycles. The van der Waals surface area contributed by atoms with Gasteiger partial charge in [-0.05, 0) is 34.1 Å². The maximum Gasteiger partial charge on any atom is 0.339 e. The fourth-order valence-electron chi connectivity index (χ4n) is 1.56. The van der Waals surface area contributed by atoms with Gasteiger partial charge in [0.2, 0.25) is 0 Å². The molecule has 2 aromatic carbocycles. The molecule has 0 fully saturated rings. The van der Waals surface area contributed by atoms with Crippen LogP contribution in [0.3, 0.4) is 0 Å². The number of nitrogens with zero attached hydrogens (tertiary/aromatic N) is 1. The fraction of sp³-hybridized carbons (Fsp3) is 0. The topological polar surface area (TPSA) is 89.7 Å². The molecule has 2 aromatic rings. The molecule has 0 radical (unpaired) electrons. The molecule has 0 amide bonds. The molecular weight excluding hydrogens is 366 g/mol. The van der Waals surface area contributed by atoms with Gasteiger partial charge in [0.05, 0.1) is 15.5 Å². The maximum atomic E-state index is 11.1. The SMILES string of the molecule is O=C(O)c1ccc(Cl)cc1Oc1cc([N+](=O)[O-])ccc1Br. The van der Waals surface area contributed by atoms with Crippen molar-refractivity contribution in [3.8, 4) is 11.5 Å². The van der Waals surface area contributed by atoms with Crippen molar-refractivity contribution < 1.29 is 19.6 Å². The summed E-state index contributed by atoms with van der Waals surface area (Å²) < 4.78 is 5.91. The normalized spacial score (nSPS) is 10.2. The first-order chi connectivity index (χ1) is 9.88. The van der Waals surface area contributed by atoms with E-state index in [2.05, 4.69) is 15.9 Å². The number of carboxylic acids is 1. The lowest BCUT2D eigenvalue weighted by molar-refractivity contribution is -0.384. The predicted octanol–water partition coefficient (Wildman–Crippen LogP) is 4.50. The van der Waals surface area contributed by atoms with Gasteiger partial charge in [0.25, 0.3) is 5.69 Å². The summed E-state index contributed by atoms with van der Waals surface area (Å²) in [6.07, 6.45) is 0. The number of hydrogen-bond acceptors (Lipinski definition) is 4. The van der Waals surface area contributed by atoms with Gasteiger partial charge in [-0.15, -0.1) is 0 Å². The van der Waals surface area contributed by atoms with E-state index >= 15 is 0 Å². The van der Waals surface area contributed by atoms with Crippen LogP contribution >= 0.6 is 27.5 Å². The van der Waals surface area contributed by atoms with Crippen LogP contribution in [0.4, 0.5) is 5.69 Å². The third-order valence-corrected chi connectivity index (χ3v) is 3.41. The Balaban J connectivity index is 2.47. The number of non-ortho nitro benzene ring substituents is 1. The molecule has 108 valence electrons. The Morgan fingerprint density at radius 1 is 1.24 bits per heavy atom. The van der Waals surface area contributed by atoms with Crippen molar-refractivity contribution in [2.24, 2.45) is 0 Å². The van der Waals surface area contributed by atoms with E-state index in [0.717, 1.165) is 0 Å². The van der Waals surface area contributed by atoms with E-state index in [0.29, 0.717) is 4.47 Å². The van der Waals surface area contributed by atoms with Gasteiger partial charge in [0.1, 0.15) is 17.1 Å². The zero-order chi connectivity index (χ0) is 15.6. The maximum absolute atomic E-state index is 11.1. The number of benzene rings is 2. The van der Waals surface area contributed by atoms with Crippen LogP contribution in [0.15, 0.2) is 40.9 Å². The minimum absolute atomic E-state index is 0.00352. The number of nitro groups is 1. The quantitative estimate of drug-likeness (QED) is 0.630. The van der Waals surface area contributed by atoms with E-state index in [4.69, 9.17) is 21.4 Å². The van der Waals surface area contributed by atoms with Crippen molar-refractivity contribution in [1.82, 2.24) is 0 Å². The van der Waals surface area contributed by atoms with Crippen LogP contribution in [-0.2, 0) is 0 Å². The Morgan fingerprint density at radius 3 is 2.57 bits per heavy atom. The lowest BCUT2D eigenvalue weighted by Crippen LogP contribution is -2.00.